The topological polar surface area (TPSA) is 101 Å². The number of nitrogens with zero attached hydrogens (tertiary/aromatic N) is 3. The van der Waals surface area contributed by atoms with Crippen molar-refractivity contribution < 1.29 is 19.1 Å². The molecule has 4 rings (SSSR count). The molecule has 1 aliphatic rings. The summed E-state index contributed by atoms with van der Waals surface area (Å²) in [4.78, 5) is 46.9. The van der Waals surface area contributed by atoms with Gasteiger partial charge in [0.05, 0.1) is 11.1 Å². The van der Waals surface area contributed by atoms with Crippen molar-refractivity contribution in [1.29, 1.82) is 0 Å². The van der Waals surface area contributed by atoms with E-state index in [0.29, 0.717) is 34.9 Å². The number of carbonyl (C=O) groups is 3. The summed E-state index contributed by atoms with van der Waals surface area (Å²) in [6.45, 7) is 3.94. The lowest BCUT2D eigenvalue weighted by molar-refractivity contribution is -0.134. The lowest BCUT2D eigenvalue weighted by Gasteiger charge is -2.13. The zero-order valence-electron chi connectivity index (χ0n) is 17.8. The van der Waals surface area contributed by atoms with Crippen molar-refractivity contribution in [1.82, 2.24) is 14.9 Å². The van der Waals surface area contributed by atoms with Gasteiger partial charge in [-0.3, -0.25) is 19.3 Å². The first-order valence-electron chi connectivity index (χ1n) is 10.3. The average Bonchev–Trinajstić information content (AvgIpc) is 2.98. The molecule has 0 unspecified atom stereocenters. The molecule has 1 aromatic heterocycles. The molecule has 0 radical (unpaired) electrons. The van der Waals surface area contributed by atoms with Crippen molar-refractivity contribution in [3.8, 4) is 5.75 Å². The van der Waals surface area contributed by atoms with Crippen LogP contribution in [0.3, 0.4) is 0 Å². The van der Waals surface area contributed by atoms with Crippen molar-refractivity contribution in [2.75, 3.05) is 11.9 Å². The highest BCUT2D eigenvalue weighted by molar-refractivity contribution is 6.21. The number of fused-ring (bicyclic) bond motifs is 1. The molecule has 2 amide bonds. The van der Waals surface area contributed by atoms with Crippen LogP contribution in [0.25, 0.3) is 0 Å². The van der Waals surface area contributed by atoms with Gasteiger partial charge in [0.15, 0.2) is 0 Å². The van der Waals surface area contributed by atoms with Gasteiger partial charge in [0.2, 0.25) is 5.95 Å². The average molecular weight is 430 g/mol. The number of esters is 1. The van der Waals surface area contributed by atoms with Gasteiger partial charge in [0.25, 0.3) is 11.8 Å². The lowest BCUT2D eigenvalue weighted by atomic mass is 10.1. The second-order valence-corrected chi connectivity index (χ2v) is 7.51. The van der Waals surface area contributed by atoms with Gasteiger partial charge < -0.3 is 10.1 Å². The second kappa shape index (κ2) is 8.97. The van der Waals surface area contributed by atoms with E-state index in [4.69, 9.17) is 4.74 Å². The highest BCUT2D eigenvalue weighted by atomic mass is 16.5. The first-order valence-corrected chi connectivity index (χ1v) is 10.3. The number of aromatic nitrogens is 2. The molecule has 0 saturated carbocycles. The maximum absolute atomic E-state index is 12.4. The summed E-state index contributed by atoms with van der Waals surface area (Å²) >= 11 is 0. The molecule has 2 heterocycles. The van der Waals surface area contributed by atoms with E-state index in [0.717, 1.165) is 11.4 Å². The minimum atomic E-state index is -0.443. The van der Waals surface area contributed by atoms with E-state index in [-0.39, 0.29) is 24.8 Å². The molecular weight excluding hydrogens is 408 g/mol. The molecule has 0 aliphatic carbocycles. The number of anilines is 2. The standard InChI is InChI=1S/C24H22N4O4/c1-15-13-16(2)26-24(25-15)27-17-7-5-8-18(14-17)32-21(29)11-6-12-28-22(30)19-9-3-4-10-20(19)23(28)31/h3-5,7-10,13-14H,6,11-12H2,1-2H3,(H,25,26,27). The molecule has 1 N–H and O–H groups in total. The van der Waals surface area contributed by atoms with Crippen LogP contribution in [-0.2, 0) is 4.79 Å². The molecule has 1 aliphatic heterocycles. The number of carbonyl (C=O) groups excluding carboxylic acids is 3. The number of rotatable bonds is 7. The molecule has 8 nitrogen and oxygen atoms in total. The predicted octanol–water partition coefficient (Wildman–Crippen LogP) is 3.82. The summed E-state index contributed by atoms with van der Waals surface area (Å²) in [5, 5.41) is 3.10. The van der Waals surface area contributed by atoms with E-state index in [1.165, 1.54) is 4.90 Å². The van der Waals surface area contributed by atoms with Gasteiger partial charge in [-0.15, -0.1) is 0 Å². The number of hydrogen-bond donors (Lipinski definition) is 1. The smallest absolute Gasteiger partial charge is 0.311 e. The molecule has 162 valence electrons. The lowest BCUT2D eigenvalue weighted by Crippen LogP contribution is -2.31. The summed E-state index contributed by atoms with van der Waals surface area (Å²) in [5.74, 6) is -0.254. The second-order valence-electron chi connectivity index (χ2n) is 7.51. The third-order valence-corrected chi connectivity index (χ3v) is 4.94. The highest BCUT2D eigenvalue weighted by Gasteiger charge is 2.34. The number of hydrogen-bond acceptors (Lipinski definition) is 7. The van der Waals surface area contributed by atoms with Gasteiger partial charge in [-0.2, -0.15) is 0 Å². The number of nitrogens with one attached hydrogen (secondary N) is 1. The van der Waals surface area contributed by atoms with Crippen LogP contribution in [-0.4, -0.2) is 39.2 Å². The van der Waals surface area contributed by atoms with E-state index in [2.05, 4.69) is 15.3 Å². The Labute approximate surface area is 185 Å². The molecule has 3 aromatic rings. The van der Waals surface area contributed by atoms with Gasteiger partial charge in [0, 0.05) is 36.1 Å². The Kier molecular flexibility index (Phi) is 5.93. The molecular formula is C24H22N4O4. The van der Waals surface area contributed by atoms with Crippen molar-refractivity contribution in [2.24, 2.45) is 0 Å². The van der Waals surface area contributed by atoms with Crippen LogP contribution in [0, 0.1) is 13.8 Å². The Hall–Kier alpha value is -4.07. The molecule has 8 heteroatoms. The van der Waals surface area contributed by atoms with Crippen molar-refractivity contribution >= 4 is 29.4 Å². The van der Waals surface area contributed by atoms with Gasteiger partial charge in [-0.1, -0.05) is 18.2 Å². The summed E-state index contributed by atoms with van der Waals surface area (Å²) < 4.78 is 5.41. The van der Waals surface area contributed by atoms with Gasteiger partial charge in [0.1, 0.15) is 5.75 Å². The van der Waals surface area contributed by atoms with Gasteiger partial charge in [-0.25, -0.2) is 9.97 Å². The zero-order valence-corrected chi connectivity index (χ0v) is 17.8. The maximum atomic E-state index is 12.4. The molecule has 2 aromatic carbocycles. The minimum absolute atomic E-state index is 0.0747. The Bertz CT molecular complexity index is 1150. The van der Waals surface area contributed by atoms with Crippen LogP contribution in [0.1, 0.15) is 44.9 Å². The van der Waals surface area contributed by atoms with Crippen molar-refractivity contribution in [2.45, 2.75) is 26.7 Å². The monoisotopic (exact) mass is 430 g/mol. The van der Waals surface area contributed by atoms with Crippen molar-refractivity contribution in [3.05, 3.63) is 77.1 Å². The van der Waals surface area contributed by atoms with Gasteiger partial charge in [-0.05, 0) is 50.6 Å². The predicted molar refractivity (Wildman–Crippen MR) is 118 cm³/mol. The maximum Gasteiger partial charge on any atom is 0.311 e. The van der Waals surface area contributed by atoms with Crippen LogP contribution < -0.4 is 10.1 Å². The van der Waals surface area contributed by atoms with E-state index in [1.54, 1.807) is 42.5 Å². The van der Waals surface area contributed by atoms with E-state index >= 15 is 0 Å². The number of imide groups is 1. The fraction of sp³-hybridized carbons (Fsp3) is 0.208. The van der Waals surface area contributed by atoms with Crippen LogP contribution in [0.15, 0.2) is 54.6 Å². The van der Waals surface area contributed by atoms with Crippen LogP contribution >= 0.6 is 0 Å². The Morgan fingerprint density at radius 1 is 0.938 bits per heavy atom. The summed E-state index contributed by atoms with van der Waals surface area (Å²) in [6, 6.07) is 15.5. The first-order chi connectivity index (χ1) is 15.4. The molecule has 0 bridgehead atoms. The Morgan fingerprint density at radius 2 is 1.59 bits per heavy atom. The van der Waals surface area contributed by atoms with E-state index in [9.17, 15) is 14.4 Å². The summed E-state index contributed by atoms with van der Waals surface area (Å²) in [6.07, 6.45) is 0.393. The van der Waals surface area contributed by atoms with E-state index < -0.39 is 5.97 Å². The quantitative estimate of drug-likeness (QED) is 0.345. The Morgan fingerprint density at radius 3 is 2.25 bits per heavy atom. The normalized spacial score (nSPS) is 12.6. The van der Waals surface area contributed by atoms with E-state index in [1.807, 2.05) is 26.0 Å². The van der Waals surface area contributed by atoms with Crippen LogP contribution in [0.5, 0.6) is 5.75 Å². The third kappa shape index (κ3) is 4.64. The third-order valence-electron chi connectivity index (χ3n) is 4.94. The van der Waals surface area contributed by atoms with Crippen LogP contribution in [0.4, 0.5) is 11.6 Å². The zero-order chi connectivity index (χ0) is 22.7. The number of amides is 2. The summed E-state index contributed by atoms with van der Waals surface area (Å²) in [5.41, 5.74) is 3.18. The Balaban J connectivity index is 1.31. The fourth-order valence-corrected chi connectivity index (χ4v) is 3.55. The fourth-order valence-electron chi connectivity index (χ4n) is 3.55. The highest BCUT2D eigenvalue weighted by Crippen LogP contribution is 2.23. The van der Waals surface area contributed by atoms with Gasteiger partial charge >= 0.3 is 5.97 Å². The largest absolute Gasteiger partial charge is 0.426 e. The minimum Gasteiger partial charge on any atom is -0.426 e. The SMILES string of the molecule is Cc1cc(C)nc(Nc2cccc(OC(=O)CCCN3C(=O)c4ccccc4C3=O)c2)n1. The molecule has 0 saturated heterocycles. The molecule has 0 spiro atoms. The number of ether oxygens (including phenoxy) is 1. The molecule has 0 fully saturated rings. The number of aryl methyl sites for hydroxylation is 2. The summed E-state index contributed by atoms with van der Waals surface area (Å²) in [7, 11) is 0. The first kappa shape index (κ1) is 21.2. The van der Waals surface area contributed by atoms with Crippen molar-refractivity contribution in [3.63, 3.8) is 0 Å². The number of benzene rings is 2. The molecule has 0 atom stereocenters. The molecule has 32 heavy (non-hydrogen) atoms. The van der Waals surface area contributed by atoms with Crippen LogP contribution in [0.2, 0.25) is 0 Å².